The number of aromatic amines is 1. The fourth-order valence-electron chi connectivity index (χ4n) is 3.04. The van der Waals surface area contributed by atoms with Gasteiger partial charge in [-0.15, -0.1) is 0 Å². The summed E-state index contributed by atoms with van der Waals surface area (Å²) in [6.45, 7) is 6.48. The third kappa shape index (κ3) is 3.31. The Bertz CT molecular complexity index is 630. The molecule has 0 aliphatic carbocycles. The molecule has 1 fully saturated rings. The summed E-state index contributed by atoms with van der Waals surface area (Å²) in [6, 6.07) is 8.21. The highest BCUT2D eigenvalue weighted by Gasteiger charge is 2.22. The fourth-order valence-corrected chi connectivity index (χ4v) is 3.04. The lowest BCUT2D eigenvalue weighted by molar-refractivity contribution is -0.126. The molecule has 1 aromatic heterocycles. The van der Waals surface area contributed by atoms with E-state index in [0.29, 0.717) is 6.54 Å². The molecule has 118 valence electrons. The van der Waals surface area contributed by atoms with Gasteiger partial charge >= 0.3 is 0 Å². The lowest BCUT2D eigenvalue weighted by Gasteiger charge is -2.31. The van der Waals surface area contributed by atoms with Crippen molar-refractivity contribution in [1.29, 1.82) is 0 Å². The molecule has 1 aromatic carbocycles. The Morgan fingerprint density at radius 2 is 2.09 bits per heavy atom. The number of rotatable bonds is 5. The maximum Gasteiger partial charge on any atom is 0.237 e. The second-order valence-corrected chi connectivity index (χ2v) is 5.86. The molecule has 5 nitrogen and oxygen atoms in total. The molecule has 0 radical (unpaired) electrons. The predicted octanol–water partition coefficient (Wildman–Crippen LogP) is 1.12. The van der Waals surface area contributed by atoms with Crippen LogP contribution in [-0.4, -0.2) is 54.6 Å². The van der Waals surface area contributed by atoms with Gasteiger partial charge in [-0.05, 0) is 25.0 Å². The molecule has 3 rings (SSSR count). The minimum Gasteiger partial charge on any atom is -0.361 e. The van der Waals surface area contributed by atoms with Crippen LogP contribution >= 0.6 is 0 Å². The maximum absolute atomic E-state index is 12.3. The second kappa shape index (κ2) is 6.94. The van der Waals surface area contributed by atoms with Crippen molar-refractivity contribution in [2.75, 3.05) is 32.7 Å². The van der Waals surface area contributed by atoms with Gasteiger partial charge in [-0.1, -0.05) is 18.2 Å². The molecule has 1 unspecified atom stereocenters. The number of benzene rings is 1. The van der Waals surface area contributed by atoms with Gasteiger partial charge in [0.1, 0.15) is 0 Å². The van der Waals surface area contributed by atoms with Crippen molar-refractivity contribution in [2.24, 2.45) is 0 Å². The van der Waals surface area contributed by atoms with Gasteiger partial charge in [-0.2, -0.15) is 0 Å². The molecule has 1 saturated heterocycles. The Labute approximate surface area is 131 Å². The van der Waals surface area contributed by atoms with Gasteiger partial charge in [0.25, 0.3) is 0 Å². The van der Waals surface area contributed by atoms with Gasteiger partial charge < -0.3 is 15.6 Å². The first kappa shape index (κ1) is 15.1. The summed E-state index contributed by atoms with van der Waals surface area (Å²) in [7, 11) is 0. The zero-order valence-corrected chi connectivity index (χ0v) is 13.1. The number of aromatic nitrogens is 1. The van der Waals surface area contributed by atoms with Crippen molar-refractivity contribution in [3.8, 4) is 0 Å². The third-order valence-corrected chi connectivity index (χ3v) is 4.45. The van der Waals surface area contributed by atoms with E-state index in [-0.39, 0.29) is 11.9 Å². The normalized spacial score (nSPS) is 17.5. The number of para-hydroxylation sites is 1. The van der Waals surface area contributed by atoms with E-state index in [1.54, 1.807) is 0 Å². The Kier molecular flexibility index (Phi) is 4.75. The molecule has 1 atom stereocenters. The highest BCUT2D eigenvalue weighted by atomic mass is 16.2. The second-order valence-electron chi connectivity index (χ2n) is 5.86. The van der Waals surface area contributed by atoms with Gasteiger partial charge in [-0.3, -0.25) is 9.69 Å². The molecule has 2 aromatic rings. The van der Waals surface area contributed by atoms with Crippen molar-refractivity contribution in [3.63, 3.8) is 0 Å². The first-order valence-electron chi connectivity index (χ1n) is 8.03. The molecule has 0 spiro atoms. The lowest BCUT2D eigenvalue weighted by Crippen LogP contribution is -2.52. The van der Waals surface area contributed by atoms with E-state index >= 15 is 0 Å². The molecule has 3 N–H and O–H groups in total. The van der Waals surface area contributed by atoms with E-state index in [4.69, 9.17) is 0 Å². The number of hydrogen-bond donors (Lipinski definition) is 3. The number of nitrogens with one attached hydrogen (secondary N) is 3. The van der Waals surface area contributed by atoms with Crippen LogP contribution in [0.5, 0.6) is 0 Å². The van der Waals surface area contributed by atoms with Crippen LogP contribution in [-0.2, 0) is 11.2 Å². The van der Waals surface area contributed by atoms with Gasteiger partial charge in [0.2, 0.25) is 5.91 Å². The van der Waals surface area contributed by atoms with Gasteiger partial charge in [0, 0.05) is 49.8 Å². The van der Waals surface area contributed by atoms with Crippen LogP contribution in [0.15, 0.2) is 30.5 Å². The number of fused-ring (bicyclic) bond motifs is 1. The highest BCUT2D eigenvalue weighted by molar-refractivity contribution is 5.83. The van der Waals surface area contributed by atoms with E-state index in [1.807, 2.05) is 25.3 Å². The zero-order valence-electron chi connectivity index (χ0n) is 13.1. The maximum atomic E-state index is 12.3. The SMILES string of the molecule is CC(C(=O)NCCc1c[nH]c2ccccc12)N1CCNCC1. The van der Waals surface area contributed by atoms with E-state index < -0.39 is 0 Å². The first-order chi connectivity index (χ1) is 10.8. The summed E-state index contributed by atoms with van der Waals surface area (Å²) in [5, 5.41) is 7.62. The monoisotopic (exact) mass is 300 g/mol. The number of carbonyl (C=O) groups excluding carboxylic acids is 1. The smallest absolute Gasteiger partial charge is 0.237 e. The molecule has 5 heteroatoms. The average molecular weight is 300 g/mol. The predicted molar refractivity (Wildman–Crippen MR) is 88.9 cm³/mol. The molecule has 0 saturated carbocycles. The van der Waals surface area contributed by atoms with Crippen LogP contribution in [0.25, 0.3) is 10.9 Å². The molecule has 1 aliphatic rings. The highest BCUT2D eigenvalue weighted by Crippen LogP contribution is 2.17. The Balaban J connectivity index is 1.51. The van der Waals surface area contributed by atoms with Gasteiger partial charge in [-0.25, -0.2) is 0 Å². The first-order valence-corrected chi connectivity index (χ1v) is 8.03. The summed E-state index contributed by atoms with van der Waals surface area (Å²) < 4.78 is 0. The van der Waals surface area contributed by atoms with E-state index in [1.165, 1.54) is 10.9 Å². The van der Waals surface area contributed by atoms with E-state index in [0.717, 1.165) is 38.1 Å². The van der Waals surface area contributed by atoms with Crippen molar-refractivity contribution in [3.05, 3.63) is 36.0 Å². The summed E-state index contributed by atoms with van der Waals surface area (Å²) >= 11 is 0. The number of hydrogen-bond acceptors (Lipinski definition) is 3. The van der Waals surface area contributed by atoms with Crippen LogP contribution in [0.2, 0.25) is 0 Å². The average Bonchev–Trinajstić information content (AvgIpc) is 2.98. The minimum atomic E-state index is -0.0509. The largest absolute Gasteiger partial charge is 0.361 e. The minimum absolute atomic E-state index is 0.0509. The van der Waals surface area contributed by atoms with Crippen LogP contribution in [0.4, 0.5) is 0 Å². The Morgan fingerprint density at radius 1 is 1.32 bits per heavy atom. The number of H-pyrrole nitrogens is 1. The van der Waals surface area contributed by atoms with E-state index in [2.05, 4.69) is 32.7 Å². The molecule has 1 amide bonds. The lowest BCUT2D eigenvalue weighted by atomic mass is 10.1. The van der Waals surface area contributed by atoms with Crippen LogP contribution < -0.4 is 10.6 Å². The summed E-state index contributed by atoms with van der Waals surface area (Å²) in [6.07, 6.45) is 2.89. The van der Waals surface area contributed by atoms with E-state index in [9.17, 15) is 4.79 Å². The molecule has 22 heavy (non-hydrogen) atoms. The summed E-state index contributed by atoms with van der Waals surface area (Å²) in [4.78, 5) is 17.8. The molecule has 2 heterocycles. The van der Waals surface area contributed by atoms with Crippen LogP contribution in [0.1, 0.15) is 12.5 Å². The Morgan fingerprint density at radius 3 is 2.91 bits per heavy atom. The number of nitrogens with zero attached hydrogens (tertiary/aromatic N) is 1. The van der Waals surface area contributed by atoms with Crippen molar-refractivity contribution in [1.82, 2.24) is 20.5 Å². The van der Waals surface area contributed by atoms with Gasteiger partial charge in [0.05, 0.1) is 6.04 Å². The van der Waals surface area contributed by atoms with Crippen LogP contribution in [0.3, 0.4) is 0 Å². The van der Waals surface area contributed by atoms with Crippen molar-refractivity contribution >= 4 is 16.8 Å². The fraction of sp³-hybridized carbons (Fsp3) is 0.471. The topological polar surface area (TPSA) is 60.2 Å². The molecule has 0 bridgehead atoms. The Hall–Kier alpha value is -1.85. The number of carbonyl (C=O) groups is 1. The van der Waals surface area contributed by atoms with Gasteiger partial charge in [0.15, 0.2) is 0 Å². The number of amides is 1. The summed E-state index contributed by atoms with van der Waals surface area (Å²) in [5.41, 5.74) is 2.41. The molecular weight excluding hydrogens is 276 g/mol. The zero-order chi connectivity index (χ0) is 15.4. The third-order valence-electron chi connectivity index (χ3n) is 4.45. The van der Waals surface area contributed by atoms with Crippen LogP contribution in [0, 0.1) is 0 Å². The quantitative estimate of drug-likeness (QED) is 0.775. The summed E-state index contributed by atoms with van der Waals surface area (Å²) in [5.74, 6) is 0.127. The molecule has 1 aliphatic heterocycles. The van der Waals surface area contributed by atoms with Crippen molar-refractivity contribution < 1.29 is 4.79 Å². The standard InChI is InChI=1S/C17H24N4O/c1-13(21-10-8-18-9-11-21)17(22)19-7-6-14-12-20-16-5-3-2-4-15(14)16/h2-5,12-13,18,20H,6-11H2,1H3,(H,19,22). The van der Waals surface area contributed by atoms with Crippen molar-refractivity contribution in [2.45, 2.75) is 19.4 Å². The number of piperazine rings is 1. The molecular formula is C17H24N4O.